The number of pyridine rings is 1. The molecule has 1 amide bonds. The number of amides is 1. The van der Waals surface area contributed by atoms with Crippen LogP contribution in [0.1, 0.15) is 48.9 Å². The summed E-state index contributed by atoms with van der Waals surface area (Å²) in [6, 6.07) is 6.30. The summed E-state index contributed by atoms with van der Waals surface area (Å²) in [5.74, 6) is -3.31. The van der Waals surface area contributed by atoms with Crippen molar-refractivity contribution in [1.29, 1.82) is 0 Å². The van der Waals surface area contributed by atoms with Crippen molar-refractivity contribution in [2.75, 3.05) is 58.4 Å². The molecule has 1 aliphatic carbocycles. The van der Waals surface area contributed by atoms with E-state index in [9.17, 15) is 22.0 Å². The number of carbonyl (C=O) groups is 1. The number of fused-ring (bicyclic) bond motifs is 1. The Labute approximate surface area is 247 Å². The molecule has 1 spiro atoms. The lowest BCUT2D eigenvalue weighted by Gasteiger charge is -2.35. The van der Waals surface area contributed by atoms with Gasteiger partial charge in [-0.1, -0.05) is 11.6 Å². The summed E-state index contributed by atoms with van der Waals surface area (Å²) in [7, 11) is -3.77. The molecule has 2 aliphatic heterocycles. The molecule has 4 heterocycles. The number of halogens is 3. The predicted molar refractivity (Wildman–Crippen MR) is 157 cm³/mol. The zero-order chi connectivity index (χ0) is 29.7. The summed E-state index contributed by atoms with van der Waals surface area (Å²) in [6.45, 7) is 1.05. The number of hydrogen-bond acceptors (Lipinski definition) is 8. The molecular weight excluding hydrogens is 592 g/mol. The van der Waals surface area contributed by atoms with E-state index >= 15 is 0 Å². The molecule has 1 saturated carbocycles. The monoisotopic (exact) mass is 623 g/mol. The number of sulfonamides is 1. The van der Waals surface area contributed by atoms with Gasteiger partial charge in [0.15, 0.2) is 17.2 Å². The van der Waals surface area contributed by atoms with E-state index in [4.69, 9.17) is 21.1 Å². The highest BCUT2D eigenvalue weighted by molar-refractivity contribution is 7.92. The van der Waals surface area contributed by atoms with Crippen molar-refractivity contribution >= 4 is 61.5 Å². The third-order valence-electron chi connectivity index (χ3n) is 8.55. The molecule has 3 aromatic rings. The van der Waals surface area contributed by atoms with Gasteiger partial charge in [-0.05, 0) is 55.4 Å². The SMILES string of the molecule is O=C(Nc1nc(N2CCC(F)(F)CC2)c2occc2c1Cl)c1ccc(NS(=O)(=O)CCO)cc1N1CCC2(CC1)CC2. The van der Waals surface area contributed by atoms with Gasteiger partial charge in [0.2, 0.25) is 10.0 Å². The lowest BCUT2D eigenvalue weighted by molar-refractivity contribution is -0.0221. The van der Waals surface area contributed by atoms with Crippen molar-refractivity contribution < 1.29 is 31.5 Å². The van der Waals surface area contributed by atoms with Crippen LogP contribution in [0.3, 0.4) is 0 Å². The number of benzene rings is 1. The lowest BCUT2D eigenvalue weighted by atomic mass is 9.93. The molecule has 226 valence electrons. The fourth-order valence-corrected chi connectivity index (χ4v) is 6.87. The number of furan rings is 1. The third-order valence-corrected chi connectivity index (χ3v) is 10.2. The van der Waals surface area contributed by atoms with E-state index in [2.05, 4.69) is 19.9 Å². The molecule has 0 atom stereocenters. The number of rotatable bonds is 8. The van der Waals surface area contributed by atoms with Crippen LogP contribution in [0.15, 0.2) is 34.9 Å². The second-order valence-electron chi connectivity index (χ2n) is 11.4. The Hall–Kier alpha value is -3.16. The molecule has 3 aliphatic rings. The highest BCUT2D eigenvalue weighted by Crippen LogP contribution is 2.54. The first-order chi connectivity index (χ1) is 20.0. The summed E-state index contributed by atoms with van der Waals surface area (Å²) in [5, 5.41) is 12.6. The van der Waals surface area contributed by atoms with E-state index in [1.54, 1.807) is 23.1 Å². The number of aromatic nitrogens is 1. The van der Waals surface area contributed by atoms with Gasteiger partial charge in [0.25, 0.3) is 11.8 Å². The molecule has 42 heavy (non-hydrogen) atoms. The Bertz CT molecular complexity index is 1610. The summed E-state index contributed by atoms with van der Waals surface area (Å²) < 4.78 is 60.4. The average Bonchev–Trinajstić information content (AvgIpc) is 3.50. The second-order valence-corrected chi connectivity index (χ2v) is 13.6. The van der Waals surface area contributed by atoms with Crippen molar-refractivity contribution in [3.63, 3.8) is 0 Å². The van der Waals surface area contributed by atoms with Gasteiger partial charge < -0.3 is 24.6 Å². The highest BCUT2D eigenvalue weighted by Gasteiger charge is 2.44. The standard InChI is InChI=1S/C28H32ClF2N5O5S/c29-22-20-3-15-41-23(20)25(36-12-8-28(30,31)9-13-36)32-24(22)33-26(38)19-2-1-18(34-42(39,40)16-14-37)17-21(19)35-10-6-27(4-5-27)7-11-35/h1-3,15,17,34,37H,4-14,16H2,(H,32,33,38). The van der Waals surface area contributed by atoms with E-state index in [1.807, 2.05) is 0 Å². The minimum Gasteiger partial charge on any atom is -0.460 e. The van der Waals surface area contributed by atoms with E-state index in [0.29, 0.717) is 33.5 Å². The topological polar surface area (TPSA) is 128 Å². The maximum Gasteiger partial charge on any atom is 0.258 e. The van der Waals surface area contributed by atoms with Crippen molar-refractivity contribution in [3.05, 3.63) is 41.1 Å². The van der Waals surface area contributed by atoms with E-state index in [1.165, 1.54) is 25.2 Å². The van der Waals surface area contributed by atoms with Gasteiger partial charge >= 0.3 is 0 Å². The van der Waals surface area contributed by atoms with Gasteiger partial charge in [-0.25, -0.2) is 22.2 Å². The van der Waals surface area contributed by atoms with E-state index in [0.717, 1.165) is 25.9 Å². The van der Waals surface area contributed by atoms with Crippen LogP contribution < -0.4 is 19.8 Å². The molecule has 0 radical (unpaired) electrons. The lowest BCUT2D eigenvalue weighted by Crippen LogP contribution is -2.40. The minimum absolute atomic E-state index is 0.0668. The number of aliphatic hydroxyl groups is 1. The molecule has 2 saturated heterocycles. The van der Waals surface area contributed by atoms with Crippen LogP contribution in [-0.2, 0) is 10.0 Å². The number of piperidine rings is 2. The first-order valence-corrected chi connectivity index (χ1v) is 16.0. The zero-order valence-electron chi connectivity index (χ0n) is 22.8. The second kappa shape index (κ2) is 10.8. The zero-order valence-corrected chi connectivity index (χ0v) is 24.4. The third kappa shape index (κ3) is 5.86. The van der Waals surface area contributed by atoms with Crippen molar-refractivity contribution in [2.45, 2.75) is 44.4 Å². The Morgan fingerprint density at radius 2 is 1.74 bits per heavy atom. The number of aliphatic hydroxyl groups excluding tert-OH is 1. The fourth-order valence-electron chi connectivity index (χ4n) is 5.80. The molecule has 2 aromatic heterocycles. The van der Waals surface area contributed by atoms with Gasteiger partial charge in [0.05, 0.1) is 40.6 Å². The first-order valence-electron chi connectivity index (χ1n) is 14.0. The highest BCUT2D eigenvalue weighted by atomic mass is 35.5. The van der Waals surface area contributed by atoms with Gasteiger partial charge in [0.1, 0.15) is 0 Å². The molecular formula is C28H32ClF2N5O5S. The Morgan fingerprint density at radius 3 is 2.40 bits per heavy atom. The molecule has 0 bridgehead atoms. The number of carbonyl (C=O) groups excluding carboxylic acids is 1. The maximum absolute atomic E-state index is 13.8. The van der Waals surface area contributed by atoms with Crippen LogP contribution >= 0.6 is 11.6 Å². The van der Waals surface area contributed by atoms with Gasteiger partial charge in [-0.2, -0.15) is 0 Å². The summed E-state index contributed by atoms with van der Waals surface area (Å²) in [4.78, 5) is 22.1. The molecule has 3 N–H and O–H groups in total. The number of nitrogens with one attached hydrogen (secondary N) is 2. The van der Waals surface area contributed by atoms with Crippen LogP contribution in [0.2, 0.25) is 5.02 Å². The maximum atomic E-state index is 13.8. The molecule has 3 fully saturated rings. The van der Waals surface area contributed by atoms with E-state index in [-0.39, 0.29) is 42.5 Å². The summed E-state index contributed by atoms with van der Waals surface area (Å²) in [5.41, 5.74) is 1.88. The van der Waals surface area contributed by atoms with Crippen molar-refractivity contribution in [3.8, 4) is 0 Å². The predicted octanol–water partition coefficient (Wildman–Crippen LogP) is 5.08. The van der Waals surface area contributed by atoms with Crippen LogP contribution in [0.5, 0.6) is 0 Å². The van der Waals surface area contributed by atoms with Crippen LogP contribution in [0.4, 0.5) is 31.8 Å². The van der Waals surface area contributed by atoms with Gasteiger partial charge in [-0.15, -0.1) is 0 Å². The molecule has 10 nitrogen and oxygen atoms in total. The van der Waals surface area contributed by atoms with Crippen LogP contribution in [0, 0.1) is 5.41 Å². The quantitative estimate of drug-likeness (QED) is 0.317. The van der Waals surface area contributed by atoms with Crippen molar-refractivity contribution in [1.82, 2.24) is 4.98 Å². The average molecular weight is 624 g/mol. The van der Waals surface area contributed by atoms with Crippen LogP contribution in [-0.4, -0.2) is 68.9 Å². The fraction of sp³-hybridized carbons (Fsp3) is 0.500. The molecule has 6 rings (SSSR count). The first kappa shape index (κ1) is 28.9. The number of alkyl halides is 2. The number of hydrogen-bond donors (Lipinski definition) is 3. The minimum atomic E-state index is -3.77. The van der Waals surface area contributed by atoms with Gasteiger partial charge in [-0.3, -0.25) is 9.52 Å². The van der Waals surface area contributed by atoms with Crippen LogP contribution in [0.25, 0.3) is 11.0 Å². The molecule has 1 aromatic carbocycles. The Morgan fingerprint density at radius 1 is 1.05 bits per heavy atom. The smallest absolute Gasteiger partial charge is 0.258 e. The van der Waals surface area contributed by atoms with Gasteiger partial charge in [0, 0.05) is 44.4 Å². The summed E-state index contributed by atoms with van der Waals surface area (Å²) >= 11 is 6.64. The Balaban J connectivity index is 1.32. The van der Waals surface area contributed by atoms with E-state index < -0.39 is 34.2 Å². The number of nitrogens with zero attached hydrogens (tertiary/aromatic N) is 3. The van der Waals surface area contributed by atoms with Crippen molar-refractivity contribution in [2.24, 2.45) is 5.41 Å². The molecule has 0 unspecified atom stereocenters. The Kier molecular flexibility index (Phi) is 7.47. The number of anilines is 4. The summed E-state index contributed by atoms with van der Waals surface area (Å²) in [6.07, 6.45) is 5.16. The molecule has 14 heteroatoms. The normalized spacial score (nSPS) is 19.7. The largest absolute Gasteiger partial charge is 0.460 e.